The number of alkyl carbamates (subject to hydrolysis) is 2. The summed E-state index contributed by atoms with van der Waals surface area (Å²) in [5.41, 5.74) is 13.0. The molecule has 0 radical (unpaired) electrons. The number of nitrogens with one attached hydrogen (secondary N) is 2. The van der Waals surface area contributed by atoms with Gasteiger partial charge in [0.1, 0.15) is 38.1 Å². The maximum atomic E-state index is 14.0. The molecule has 17 heteroatoms. The molecule has 2 heterocycles. The zero-order valence-electron chi connectivity index (χ0n) is 37.4. The lowest BCUT2D eigenvalue weighted by atomic mass is 9.81. The smallest absolute Gasteiger partial charge is 0.410 e. The van der Waals surface area contributed by atoms with Gasteiger partial charge in [0.2, 0.25) is 0 Å². The molecule has 0 bridgehead atoms. The lowest BCUT2D eigenvalue weighted by Gasteiger charge is -2.48. The van der Waals surface area contributed by atoms with Crippen LogP contribution in [0.1, 0.15) is 74.1 Å². The Morgan fingerprint density at radius 1 is 0.731 bits per heavy atom. The Kier molecular flexibility index (Phi) is 15.9. The largest absolute Gasteiger partial charge is 0.445 e. The standard InChI is InChI=1S/C50H58N6O11/c1-33(56(29-34-17-7-2-8-18-34)49(60)63-32-37-23-13-5-14-24-37)39-26-25-38(54-55-51)46(64-39)65-43-40(52-47(58)61-30-35-19-9-3-10-20-35)42(57)41(53-48(59)62-31-36-21-11-4-12-22-36)44-45(43)67-50(66-44)27-15-6-16-28-50/h2-5,7-14,17-24,33,38-46,57H,6,15-16,25-32H2,1H3,(H,52,58)(H,53,59)/t33-,38+,39-,40-,41+,42-,43+,44-,45-,46+/m0/s1. The van der Waals surface area contributed by atoms with Gasteiger partial charge in [-0.1, -0.05) is 133 Å². The molecule has 4 fully saturated rings. The second-order valence-corrected chi connectivity index (χ2v) is 17.5. The maximum Gasteiger partial charge on any atom is 0.410 e. The zero-order chi connectivity index (χ0) is 46.6. The molecule has 2 saturated heterocycles. The first kappa shape index (κ1) is 47.3. The van der Waals surface area contributed by atoms with Crippen LogP contribution in [0.3, 0.4) is 0 Å². The Hall–Kier alpha value is -6.20. The van der Waals surface area contributed by atoms with Crippen molar-refractivity contribution in [1.82, 2.24) is 15.5 Å². The average molecular weight is 919 g/mol. The summed E-state index contributed by atoms with van der Waals surface area (Å²) in [5, 5.41) is 22.1. The number of fused-ring (bicyclic) bond motifs is 1. The minimum atomic E-state index is -1.56. The number of carbonyl (C=O) groups excluding carboxylic acids is 3. The van der Waals surface area contributed by atoms with Crippen LogP contribution in [0.4, 0.5) is 14.4 Å². The highest BCUT2D eigenvalue weighted by atomic mass is 16.8. The number of hydrogen-bond acceptors (Lipinski definition) is 12. The Balaban J connectivity index is 1.08. The van der Waals surface area contributed by atoms with Gasteiger partial charge in [-0.15, -0.1) is 0 Å². The number of amides is 3. The highest BCUT2D eigenvalue weighted by Gasteiger charge is 2.62. The number of rotatable bonds is 15. The van der Waals surface area contributed by atoms with Gasteiger partial charge in [-0.05, 0) is 60.4 Å². The topological polar surface area (TPSA) is 212 Å². The van der Waals surface area contributed by atoms with Crippen LogP contribution in [0, 0.1) is 0 Å². The van der Waals surface area contributed by atoms with Crippen molar-refractivity contribution >= 4 is 18.3 Å². The molecule has 2 aliphatic heterocycles. The molecule has 3 amide bonds. The highest BCUT2D eigenvalue weighted by Crippen LogP contribution is 2.46. The first-order valence-corrected chi connectivity index (χ1v) is 23.0. The van der Waals surface area contributed by atoms with Gasteiger partial charge < -0.3 is 48.9 Å². The summed E-state index contributed by atoms with van der Waals surface area (Å²) in [7, 11) is 0. The summed E-state index contributed by atoms with van der Waals surface area (Å²) in [6, 6.07) is 33.3. The van der Waals surface area contributed by atoms with Crippen LogP contribution in [0.5, 0.6) is 0 Å². The fourth-order valence-corrected chi connectivity index (χ4v) is 9.40. The van der Waals surface area contributed by atoms with Gasteiger partial charge in [0.15, 0.2) is 12.1 Å². The molecule has 4 aliphatic rings. The van der Waals surface area contributed by atoms with Crippen molar-refractivity contribution in [3.05, 3.63) is 154 Å². The summed E-state index contributed by atoms with van der Waals surface area (Å²) in [6.07, 6.45) is -4.53. The normalized spacial score (nSPS) is 26.7. The fraction of sp³-hybridized carbons (Fsp3) is 0.460. The zero-order valence-corrected chi connectivity index (χ0v) is 37.4. The first-order chi connectivity index (χ1) is 32.7. The molecule has 2 aliphatic carbocycles. The molecule has 0 unspecified atom stereocenters. The number of ether oxygens (including phenoxy) is 7. The van der Waals surface area contributed by atoms with Crippen LogP contribution in [0.25, 0.3) is 10.4 Å². The quantitative estimate of drug-likeness (QED) is 0.0448. The number of hydrogen-bond donors (Lipinski definition) is 3. The van der Waals surface area contributed by atoms with Crippen LogP contribution >= 0.6 is 0 Å². The molecule has 4 aromatic carbocycles. The molecule has 1 spiro atoms. The minimum absolute atomic E-state index is 0.0307. The second-order valence-electron chi connectivity index (χ2n) is 17.5. The van der Waals surface area contributed by atoms with Crippen molar-refractivity contribution in [2.45, 2.75) is 145 Å². The number of aliphatic hydroxyl groups is 1. The summed E-state index contributed by atoms with van der Waals surface area (Å²) >= 11 is 0. The van der Waals surface area contributed by atoms with E-state index in [-0.39, 0.29) is 26.4 Å². The van der Waals surface area contributed by atoms with Crippen molar-refractivity contribution in [2.24, 2.45) is 5.11 Å². The third-order valence-corrected chi connectivity index (χ3v) is 12.9. The van der Waals surface area contributed by atoms with Crippen LogP contribution in [-0.4, -0.2) is 95.1 Å². The van der Waals surface area contributed by atoms with E-state index in [4.69, 9.17) is 33.2 Å². The van der Waals surface area contributed by atoms with E-state index in [0.29, 0.717) is 25.7 Å². The third kappa shape index (κ3) is 12.0. The van der Waals surface area contributed by atoms with E-state index >= 15 is 0 Å². The van der Waals surface area contributed by atoms with Crippen molar-refractivity contribution < 1.29 is 52.6 Å². The summed E-state index contributed by atoms with van der Waals surface area (Å²) in [6.45, 7) is 2.04. The minimum Gasteiger partial charge on any atom is -0.445 e. The van der Waals surface area contributed by atoms with Crippen molar-refractivity contribution in [3.63, 3.8) is 0 Å². The van der Waals surface area contributed by atoms with Gasteiger partial charge in [-0.3, -0.25) is 4.90 Å². The van der Waals surface area contributed by atoms with Crippen LogP contribution in [-0.2, 0) is 59.5 Å². The van der Waals surface area contributed by atoms with E-state index in [1.165, 1.54) is 0 Å². The molecule has 10 atom stereocenters. The Morgan fingerprint density at radius 2 is 1.24 bits per heavy atom. The Bertz CT molecular complexity index is 2270. The van der Waals surface area contributed by atoms with Gasteiger partial charge in [0.05, 0.1) is 36.4 Å². The molecular weight excluding hydrogens is 861 g/mol. The van der Waals surface area contributed by atoms with E-state index in [2.05, 4.69) is 20.7 Å². The molecule has 67 heavy (non-hydrogen) atoms. The Morgan fingerprint density at radius 3 is 1.79 bits per heavy atom. The second kappa shape index (κ2) is 22.5. The fourth-order valence-electron chi connectivity index (χ4n) is 9.40. The van der Waals surface area contributed by atoms with Crippen molar-refractivity contribution in [2.75, 3.05) is 0 Å². The average Bonchev–Trinajstić information content (AvgIpc) is 3.73. The number of benzene rings is 4. The number of carbonyl (C=O) groups is 3. The predicted molar refractivity (Wildman–Crippen MR) is 242 cm³/mol. The van der Waals surface area contributed by atoms with Crippen LogP contribution in [0.2, 0.25) is 0 Å². The molecule has 354 valence electrons. The van der Waals surface area contributed by atoms with E-state index in [1.807, 2.05) is 128 Å². The molecule has 2 saturated carbocycles. The van der Waals surface area contributed by atoms with Crippen LogP contribution < -0.4 is 10.6 Å². The maximum absolute atomic E-state index is 14.0. The monoisotopic (exact) mass is 918 g/mol. The van der Waals surface area contributed by atoms with Crippen LogP contribution in [0.15, 0.2) is 126 Å². The first-order valence-electron chi connectivity index (χ1n) is 23.0. The molecule has 0 aromatic heterocycles. The van der Waals surface area contributed by atoms with Gasteiger partial charge in [0.25, 0.3) is 0 Å². The molecule has 8 rings (SSSR count). The molecule has 17 nitrogen and oxygen atoms in total. The molecular formula is C50H58N6O11. The lowest BCUT2D eigenvalue weighted by molar-refractivity contribution is -0.265. The van der Waals surface area contributed by atoms with Crippen molar-refractivity contribution in [3.8, 4) is 0 Å². The summed E-state index contributed by atoms with van der Waals surface area (Å²) in [4.78, 5) is 46.0. The van der Waals surface area contributed by atoms with E-state index in [9.17, 15) is 25.0 Å². The van der Waals surface area contributed by atoms with Gasteiger partial charge >= 0.3 is 18.3 Å². The predicted octanol–water partition coefficient (Wildman–Crippen LogP) is 8.19. The van der Waals surface area contributed by atoms with Crippen molar-refractivity contribution in [1.29, 1.82) is 0 Å². The number of nitrogens with zero attached hydrogens (tertiary/aromatic N) is 4. The van der Waals surface area contributed by atoms with Gasteiger partial charge in [-0.2, -0.15) is 0 Å². The Labute approximate surface area is 389 Å². The SMILES string of the molecule is C[C@@H]([C@@H]1CC[C@@H](N=[N+]=[N-])[C@@H](O[C@@H]2[C@@H](NC(=O)OCc3ccccc3)[C@H](O)[C@@H](NC(=O)OCc3ccccc3)[C@@H]3OC4(CCCCC4)O[C@@H]23)O1)N(Cc1ccccc1)C(=O)OCc1ccccc1. The van der Waals surface area contributed by atoms with E-state index in [1.54, 1.807) is 4.90 Å². The molecule has 4 aromatic rings. The lowest BCUT2D eigenvalue weighted by Crippen LogP contribution is -2.72. The van der Waals surface area contributed by atoms with Gasteiger partial charge in [0, 0.05) is 24.3 Å². The summed E-state index contributed by atoms with van der Waals surface area (Å²) < 4.78 is 44.4. The highest BCUT2D eigenvalue weighted by molar-refractivity contribution is 5.69. The summed E-state index contributed by atoms with van der Waals surface area (Å²) in [5.74, 6) is -1.07. The number of azide groups is 1. The molecule has 3 N–H and O–H groups in total. The third-order valence-electron chi connectivity index (χ3n) is 12.9. The van der Waals surface area contributed by atoms with E-state index in [0.717, 1.165) is 41.5 Å². The van der Waals surface area contributed by atoms with E-state index < -0.39 is 85.0 Å². The number of aliphatic hydroxyl groups excluding tert-OH is 1. The van der Waals surface area contributed by atoms with Gasteiger partial charge in [-0.25, -0.2) is 14.4 Å².